The second-order valence-corrected chi connectivity index (χ2v) is 6.56. The van der Waals surface area contributed by atoms with E-state index >= 15 is 0 Å². The molecule has 2 heterocycles. The van der Waals surface area contributed by atoms with Crippen molar-refractivity contribution in [1.82, 2.24) is 4.98 Å². The van der Waals surface area contributed by atoms with Gasteiger partial charge in [-0.25, -0.2) is 0 Å². The lowest BCUT2D eigenvalue weighted by Gasteiger charge is -2.13. The Morgan fingerprint density at radius 3 is 2.67 bits per heavy atom. The summed E-state index contributed by atoms with van der Waals surface area (Å²) in [4.78, 5) is 7.14. The third-order valence-corrected chi connectivity index (χ3v) is 4.95. The first-order chi connectivity index (χ1) is 10.2. The average Bonchev–Trinajstić information content (AvgIpc) is 2.94. The van der Waals surface area contributed by atoms with E-state index in [0.29, 0.717) is 6.42 Å². The minimum atomic E-state index is -0.486. The van der Waals surface area contributed by atoms with Gasteiger partial charge in [-0.15, -0.1) is 11.3 Å². The number of benzene rings is 1. The monoisotopic (exact) mass is 297 g/mol. The standard InChI is InChI=1S/C18H19NOS/c1-3-13-8-9-14(21-13)11-18(20)16-10-12(2)19-17-7-5-4-6-15(16)17/h4-10,18,20H,3,11H2,1-2H3. The first-order valence-electron chi connectivity index (χ1n) is 7.29. The quantitative estimate of drug-likeness (QED) is 0.772. The lowest BCUT2D eigenvalue weighted by atomic mass is 10.0. The van der Waals surface area contributed by atoms with E-state index in [1.54, 1.807) is 11.3 Å². The predicted octanol–water partition coefficient (Wildman–Crippen LogP) is 4.44. The highest BCUT2D eigenvalue weighted by atomic mass is 32.1. The van der Waals surface area contributed by atoms with Gasteiger partial charge >= 0.3 is 0 Å². The van der Waals surface area contributed by atoms with Crippen molar-refractivity contribution in [1.29, 1.82) is 0 Å². The zero-order chi connectivity index (χ0) is 14.8. The molecule has 0 fully saturated rings. The molecule has 1 atom stereocenters. The molecule has 108 valence electrons. The van der Waals surface area contributed by atoms with Crippen molar-refractivity contribution in [3.63, 3.8) is 0 Å². The van der Waals surface area contributed by atoms with Gasteiger partial charge in [0.1, 0.15) is 0 Å². The van der Waals surface area contributed by atoms with Crippen LogP contribution in [0.25, 0.3) is 10.9 Å². The molecule has 1 unspecified atom stereocenters. The van der Waals surface area contributed by atoms with Gasteiger partial charge in [-0.3, -0.25) is 4.98 Å². The number of fused-ring (bicyclic) bond motifs is 1. The van der Waals surface area contributed by atoms with Crippen LogP contribution < -0.4 is 0 Å². The fraction of sp³-hybridized carbons (Fsp3) is 0.278. The minimum Gasteiger partial charge on any atom is -0.388 e. The van der Waals surface area contributed by atoms with Gasteiger partial charge < -0.3 is 5.11 Å². The molecule has 0 bridgehead atoms. The van der Waals surface area contributed by atoms with Crippen LogP contribution in [0.3, 0.4) is 0 Å². The van der Waals surface area contributed by atoms with E-state index in [1.165, 1.54) is 9.75 Å². The Morgan fingerprint density at radius 2 is 1.90 bits per heavy atom. The molecular formula is C18H19NOS. The van der Waals surface area contributed by atoms with Gasteiger partial charge in [0, 0.05) is 27.3 Å². The zero-order valence-electron chi connectivity index (χ0n) is 12.3. The molecule has 0 spiro atoms. The number of aromatic nitrogens is 1. The van der Waals surface area contributed by atoms with Crippen molar-refractivity contribution in [3.05, 3.63) is 63.5 Å². The molecule has 0 aliphatic carbocycles. The summed E-state index contributed by atoms with van der Waals surface area (Å²) in [5.41, 5.74) is 2.87. The number of thiophene rings is 1. The Balaban J connectivity index is 1.95. The molecular weight excluding hydrogens is 278 g/mol. The second-order valence-electron chi connectivity index (χ2n) is 5.31. The van der Waals surface area contributed by atoms with Crippen LogP contribution in [0.4, 0.5) is 0 Å². The summed E-state index contributed by atoms with van der Waals surface area (Å²) in [5, 5.41) is 11.7. The Bertz CT molecular complexity index is 763. The molecule has 2 nitrogen and oxygen atoms in total. The normalized spacial score (nSPS) is 12.7. The summed E-state index contributed by atoms with van der Waals surface area (Å²) in [6, 6.07) is 14.3. The van der Waals surface area contributed by atoms with Gasteiger partial charge in [0.2, 0.25) is 0 Å². The van der Waals surface area contributed by atoms with E-state index in [9.17, 15) is 5.11 Å². The molecule has 3 heteroatoms. The Morgan fingerprint density at radius 1 is 1.14 bits per heavy atom. The van der Waals surface area contributed by atoms with E-state index in [-0.39, 0.29) is 0 Å². The van der Waals surface area contributed by atoms with Crippen LogP contribution in [0, 0.1) is 6.92 Å². The Kier molecular flexibility index (Phi) is 4.04. The van der Waals surface area contributed by atoms with E-state index in [4.69, 9.17) is 0 Å². The first-order valence-corrected chi connectivity index (χ1v) is 8.11. The zero-order valence-corrected chi connectivity index (χ0v) is 13.2. The fourth-order valence-electron chi connectivity index (χ4n) is 2.64. The van der Waals surface area contributed by atoms with Crippen molar-refractivity contribution < 1.29 is 5.11 Å². The maximum atomic E-state index is 10.7. The number of hydrogen-bond acceptors (Lipinski definition) is 3. The molecule has 3 aromatic rings. The van der Waals surface area contributed by atoms with E-state index < -0.39 is 6.10 Å². The number of aliphatic hydroxyl groups excluding tert-OH is 1. The van der Waals surface area contributed by atoms with Crippen LogP contribution in [-0.4, -0.2) is 10.1 Å². The Hall–Kier alpha value is -1.71. The van der Waals surface area contributed by atoms with Crippen molar-refractivity contribution in [3.8, 4) is 0 Å². The summed E-state index contributed by atoms with van der Waals surface area (Å²) in [5.74, 6) is 0. The van der Waals surface area contributed by atoms with Gasteiger partial charge in [0.05, 0.1) is 11.6 Å². The number of para-hydroxylation sites is 1. The summed E-state index contributed by atoms with van der Waals surface area (Å²) in [7, 11) is 0. The summed E-state index contributed by atoms with van der Waals surface area (Å²) in [6.07, 6.45) is 1.23. The summed E-state index contributed by atoms with van der Waals surface area (Å²) >= 11 is 1.79. The highest BCUT2D eigenvalue weighted by molar-refractivity contribution is 7.11. The molecule has 0 amide bonds. The molecule has 0 saturated carbocycles. The second kappa shape index (κ2) is 5.96. The lowest BCUT2D eigenvalue weighted by molar-refractivity contribution is 0.181. The van der Waals surface area contributed by atoms with Crippen molar-refractivity contribution in [2.75, 3.05) is 0 Å². The number of aliphatic hydroxyl groups is 1. The molecule has 1 aromatic carbocycles. The average molecular weight is 297 g/mol. The maximum absolute atomic E-state index is 10.7. The van der Waals surface area contributed by atoms with Crippen molar-refractivity contribution in [2.24, 2.45) is 0 Å². The highest BCUT2D eigenvalue weighted by Gasteiger charge is 2.14. The third-order valence-electron chi connectivity index (χ3n) is 3.70. The molecule has 21 heavy (non-hydrogen) atoms. The van der Waals surface area contributed by atoms with Crippen LogP contribution in [0.1, 0.15) is 34.0 Å². The summed E-state index contributed by atoms with van der Waals surface area (Å²) in [6.45, 7) is 4.13. The first kappa shape index (κ1) is 14.2. The van der Waals surface area contributed by atoms with Crippen LogP contribution in [0.15, 0.2) is 42.5 Å². The van der Waals surface area contributed by atoms with Gasteiger partial charge in [-0.2, -0.15) is 0 Å². The van der Waals surface area contributed by atoms with Crippen LogP contribution in [-0.2, 0) is 12.8 Å². The minimum absolute atomic E-state index is 0.486. The molecule has 1 N–H and O–H groups in total. The number of nitrogens with zero attached hydrogens (tertiary/aromatic N) is 1. The third kappa shape index (κ3) is 2.99. The van der Waals surface area contributed by atoms with Gasteiger partial charge in [-0.1, -0.05) is 25.1 Å². The molecule has 0 radical (unpaired) electrons. The number of hydrogen-bond donors (Lipinski definition) is 1. The van der Waals surface area contributed by atoms with Gasteiger partial charge in [0.25, 0.3) is 0 Å². The van der Waals surface area contributed by atoms with Crippen LogP contribution in [0.2, 0.25) is 0 Å². The molecule has 0 saturated heterocycles. The molecule has 0 aliphatic heterocycles. The van der Waals surface area contributed by atoms with E-state index in [2.05, 4.69) is 24.0 Å². The highest BCUT2D eigenvalue weighted by Crippen LogP contribution is 2.29. The molecule has 3 rings (SSSR count). The lowest BCUT2D eigenvalue weighted by Crippen LogP contribution is -2.03. The van der Waals surface area contributed by atoms with Crippen LogP contribution in [0.5, 0.6) is 0 Å². The topological polar surface area (TPSA) is 33.1 Å². The Labute approximate surface area is 129 Å². The number of aryl methyl sites for hydroxylation is 2. The van der Waals surface area contributed by atoms with Gasteiger partial charge in [-0.05, 0) is 43.2 Å². The predicted molar refractivity (Wildman–Crippen MR) is 88.8 cm³/mol. The van der Waals surface area contributed by atoms with Crippen molar-refractivity contribution in [2.45, 2.75) is 32.8 Å². The van der Waals surface area contributed by atoms with Gasteiger partial charge in [0.15, 0.2) is 0 Å². The van der Waals surface area contributed by atoms with Crippen LogP contribution >= 0.6 is 11.3 Å². The fourth-order valence-corrected chi connectivity index (χ4v) is 3.63. The maximum Gasteiger partial charge on any atom is 0.0845 e. The number of rotatable bonds is 4. The van der Waals surface area contributed by atoms with E-state index in [1.807, 2.05) is 37.3 Å². The molecule has 0 aliphatic rings. The largest absolute Gasteiger partial charge is 0.388 e. The summed E-state index contributed by atoms with van der Waals surface area (Å²) < 4.78 is 0. The SMILES string of the molecule is CCc1ccc(CC(O)c2cc(C)nc3ccccc23)s1. The molecule has 2 aromatic heterocycles. The number of pyridine rings is 1. The van der Waals surface area contributed by atoms with Crippen molar-refractivity contribution >= 4 is 22.2 Å². The smallest absolute Gasteiger partial charge is 0.0845 e. The van der Waals surface area contributed by atoms with E-state index in [0.717, 1.165) is 28.6 Å².